The summed E-state index contributed by atoms with van der Waals surface area (Å²) in [5, 5.41) is 0. The van der Waals surface area contributed by atoms with Gasteiger partial charge in [0.2, 0.25) is 0 Å². The molecule has 5 heteroatoms. The van der Waals surface area contributed by atoms with E-state index in [1.165, 1.54) is 96.3 Å². The first-order chi connectivity index (χ1) is 31.6. The van der Waals surface area contributed by atoms with Crippen molar-refractivity contribution < 1.29 is 23.8 Å². The first kappa shape index (κ1) is 60.8. The molecule has 0 N–H and O–H groups in total. The van der Waals surface area contributed by atoms with E-state index in [0.29, 0.717) is 19.4 Å². The zero-order valence-electron chi connectivity index (χ0n) is 42.0. The lowest BCUT2D eigenvalue weighted by atomic mass is 10.0. The summed E-state index contributed by atoms with van der Waals surface area (Å²) in [6, 6.07) is 0. The summed E-state index contributed by atoms with van der Waals surface area (Å²) in [7, 11) is 0. The number of esters is 2. The van der Waals surface area contributed by atoms with Crippen LogP contribution >= 0.6 is 0 Å². The Hall–Kier alpha value is -3.18. The monoisotopic (exact) mass is 889 g/mol. The third kappa shape index (κ3) is 51.5. The molecule has 0 saturated carbocycles. The molecule has 1 unspecified atom stereocenters. The van der Waals surface area contributed by atoms with Crippen molar-refractivity contribution in [1.82, 2.24) is 0 Å². The molecular weight excluding hydrogens is 789 g/mol. The summed E-state index contributed by atoms with van der Waals surface area (Å²) in [5.41, 5.74) is 0. The highest BCUT2D eigenvalue weighted by atomic mass is 16.6. The minimum atomic E-state index is -0.567. The maximum atomic E-state index is 12.8. The average molecular weight is 889 g/mol. The van der Waals surface area contributed by atoms with Crippen LogP contribution in [0.15, 0.2) is 97.2 Å². The predicted molar refractivity (Wildman–Crippen MR) is 279 cm³/mol. The molecule has 0 fully saturated rings. The lowest BCUT2D eigenvalue weighted by Gasteiger charge is -2.18. The highest BCUT2D eigenvalue weighted by Gasteiger charge is 2.17. The normalized spacial score (nSPS) is 13.0. The molecule has 0 radical (unpaired) electrons. The fraction of sp³-hybridized carbons (Fsp3) is 0.695. The fourth-order valence-electron chi connectivity index (χ4n) is 7.20. The number of hydrogen-bond donors (Lipinski definition) is 0. The molecule has 5 nitrogen and oxygen atoms in total. The van der Waals surface area contributed by atoms with Gasteiger partial charge in [-0.05, 0) is 96.3 Å². The number of carbonyl (C=O) groups excluding carboxylic acids is 2. The number of carbonyl (C=O) groups is 2. The zero-order chi connectivity index (χ0) is 46.3. The van der Waals surface area contributed by atoms with E-state index in [9.17, 15) is 9.59 Å². The number of unbranched alkanes of at least 4 members (excludes halogenated alkanes) is 21. The molecule has 0 rings (SSSR count). The number of ether oxygens (including phenoxy) is 3. The molecule has 0 aliphatic heterocycles. The van der Waals surface area contributed by atoms with Crippen molar-refractivity contribution in [2.24, 2.45) is 0 Å². The van der Waals surface area contributed by atoms with E-state index in [2.05, 4.69) is 118 Å². The highest BCUT2D eigenvalue weighted by Crippen LogP contribution is 2.14. The van der Waals surface area contributed by atoms with Gasteiger partial charge in [0.1, 0.15) is 6.61 Å². The molecule has 0 spiro atoms. The van der Waals surface area contributed by atoms with E-state index in [4.69, 9.17) is 14.2 Å². The number of allylic oxidation sites excluding steroid dienone is 16. The SMILES string of the molecule is CC/C=C\C/C=C\C/C=C\C/C=C\CCCCCCCCC(=O)OCC(COCCCCCCCCCCCCCCCC)OC(=O)CCCC/C=C\C/C=C\C/C=C\C/C=C\CC. The largest absolute Gasteiger partial charge is 0.462 e. The quantitative estimate of drug-likeness (QED) is 0.0346. The minimum Gasteiger partial charge on any atom is -0.462 e. The Balaban J connectivity index is 4.35. The standard InChI is InChI=1S/C59H100O5/c1-4-7-10-13-16-19-22-25-28-29-30-31-33-34-37-40-43-46-49-52-58(60)63-56-57(55-62-54-51-48-45-42-39-36-27-24-21-18-15-12-9-6-3)64-59(61)53-50-47-44-41-38-35-32-26-23-20-17-14-11-8-5-2/h7-8,10-11,16-17,19-20,25-26,28,30-32,38,41,57H,4-6,9,12-15,18,21-24,27,29,33-37,39-40,42-56H2,1-3H3/b10-7-,11-8-,19-16-,20-17-,28-25-,31-30-,32-26-,41-38-. The van der Waals surface area contributed by atoms with Crippen LogP contribution in [0.2, 0.25) is 0 Å². The molecule has 0 aliphatic rings. The average Bonchev–Trinajstić information content (AvgIpc) is 3.30. The molecule has 0 aromatic carbocycles. The van der Waals surface area contributed by atoms with Gasteiger partial charge in [0, 0.05) is 19.4 Å². The van der Waals surface area contributed by atoms with E-state index in [-0.39, 0.29) is 25.2 Å². The van der Waals surface area contributed by atoms with Crippen molar-refractivity contribution in [2.75, 3.05) is 19.8 Å². The summed E-state index contributed by atoms with van der Waals surface area (Å²) in [6.45, 7) is 7.55. The summed E-state index contributed by atoms with van der Waals surface area (Å²) in [5.74, 6) is -0.460. The van der Waals surface area contributed by atoms with Crippen LogP contribution in [0.3, 0.4) is 0 Å². The Kier molecular flexibility index (Phi) is 51.5. The first-order valence-corrected chi connectivity index (χ1v) is 26.8. The second-order valence-corrected chi connectivity index (χ2v) is 17.4. The van der Waals surface area contributed by atoms with E-state index in [0.717, 1.165) is 109 Å². The van der Waals surface area contributed by atoms with Crippen molar-refractivity contribution in [3.05, 3.63) is 97.2 Å². The molecule has 1 atom stereocenters. The number of hydrogen-bond acceptors (Lipinski definition) is 5. The lowest BCUT2D eigenvalue weighted by molar-refractivity contribution is -0.163. The van der Waals surface area contributed by atoms with Crippen molar-refractivity contribution in [3.8, 4) is 0 Å². The molecule has 0 amide bonds. The molecule has 0 saturated heterocycles. The van der Waals surface area contributed by atoms with Gasteiger partial charge in [0.15, 0.2) is 6.10 Å². The van der Waals surface area contributed by atoms with Crippen LogP contribution in [0.25, 0.3) is 0 Å². The minimum absolute atomic E-state index is 0.0581. The van der Waals surface area contributed by atoms with Gasteiger partial charge in [-0.1, -0.05) is 227 Å². The first-order valence-electron chi connectivity index (χ1n) is 26.8. The molecule has 0 aromatic rings. The van der Waals surface area contributed by atoms with Crippen molar-refractivity contribution in [2.45, 2.75) is 245 Å². The summed E-state index contributed by atoms with van der Waals surface area (Å²) in [4.78, 5) is 25.4. The smallest absolute Gasteiger partial charge is 0.306 e. The van der Waals surface area contributed by atoms with E-state index < -0.39 is 6.10 Å². The van der Waals surface area contributed by atoms with E-state index in [1.807, 2.05) is 0 Å². The van der Waals surface area contributed by atoms with Gasteiger partial charge in [0.25, 0.3) is 0 Å². The van der Waals surface area contributed by atoms with Crippen LogP contribution in [0.1, 0.15) is 239 Å². The maximum Gasteiger partial charge on any atom is 0.306 e. The Morgan fingerprint density at radius 1 is 0.359 bits per heavy atom. The Labute approximate surface area is 396 Å². The van der Waals surface area contributed by atoms with Gasteiger partial charge in [-0.15, -0.1) is 0 Å². The van der Waals surface area contributed by atoms with Gasteiger partial charge < -0.3 is 14.2 Å². The van der Waals surface area contributed by atoms with Crippen LogP contribution in [0, 0.1) is 0 Å². The lowest BCUT2D eigenvalue weighted by Crippen LogP contribution is -2.30. The Morgan fingerprint density at radius 2 is 0.703 bits per heavy atom. The molecular formula is C59H100O5. The van der Waals surface area contributed by atoms with Gasteiger partial charge >= 0.3 is 11.9 Å². The molecule has 0 aromatic heterocycles. The number of rotatable bonds is 48. The van der Waals surface area contributed by atoms with Gasteiger partial charge in [-0.3, -0.25) is 9.59 Å². The summed E-state index contributed by atoms with van der Waals surface area (Å²) < 4.78 is 17.4. The Morgan fingerprint density at radius 3 is 1.16 bits per heavy atom. The van der Waals surface area contributed by atoms with E-state index >= 15 is 0 Å². The van der Waals surface area contributed by atoms with Gasteiger partial charge in [0.05, 0.1) is 6.61 Å². The highest BCUT2D eigenvalue weighted by molar-refractivity contribution is 5.70. The second-order valence-electron chi connectivity index (χ2n) is 17.4. The molecule has 0 heterocycles. The van der Waals surface area contributed by atoms with Crippen LogP contribution in [-0.2, 0) is 23.8 Å². The third-order valence-corrected chi connectivity index (χ3v) is 11.1. The fourth-order valence-corrected chi connectivity index (χ4v) is 7.20. The second kappa shape index (κ2) is 54.2. The summed E-state index contributed by atoms with van der Waals surface area (Å²) in [6.07, 6.45) is 72.8. The zero-order valence-corrected chi connectivity index (χ0v) is 42.0. The van der Waals surface area contributed by atoms with Crippen molar-refractivity contribution in [3.63, 3.8) is 0 Å². The molecule has 0 aliphatic carbocycles. The van der Waals surface area contributed by atoms with Crippen molar-refractivity contribution in [1.29, 1.82) is 0 Å². The topological polar surface area (TPSA) is 61.8 Å². The Bertz CT molecular complexity index is 1230. The third-order valence-electron chi connectivity index (χ3n) is 11.1. The summed E-state index contributed by atoms with van der Waals surface area (Å²) >= 11 is 0. The van der Waals surface area contributed by atoms with Crippen LogP contribution in [0.5, 0.6) is 0 Å². The van der Waals surface area contributed by atoms with Gasteiger partial charge in [-0.2, -0.15) is 0 Å². The van der Waals surface area contributed by atoms with Crippen LogP contribution in [-0.4, -0.2) is 37.9 Å². The van der Waals surface area contributed by atoms with E-state index in [1.54, 1.807) is 0 Å². The maximum absolute atomic E-state index is 12.8. The van der Waals surface area contributed by atoms with Gasteiger partial charge in [-0.25, -0.2) is 0 Å². The van der Waals surface area contributed by atoms with Crippen LogP contribution < -0.4 is 0 Å². The molecule has 64 heavy (non-hydrogen) atoms. The molecule has 0 bridgehead atoms. The predicted octanol–water partition coefficient (Wildman–Crippen LogP) is 18.2. The van der Waals surface area contributed by atoms with Crippen molar-refractivity contribution >= 4 is 11.9 Å². The van der Waals surface area contributed by atoms with Crippen LogP contribution in [0.4, 0.5) is 0 Å². The molecule has 366 valence electrons.